The van der Waals surface area contributed by atoms with E-state index in [9.17, 15) is 0 Å². The molecule has 0 N–H and O–H groups in total. The van der Waals surface area contributed by atoms with E-state index in [-0.39, 0.29) is 17.6 Å². The quantitative estimate of drug-likeness (QED) is 0.806. The van der Waals surface area contributed by atoms with Crippen LogP contribution in [-0.4, -0.2) is 31.4 Å². The molecule has 0 bridgehead atoms. The average Bonchev–Trinajstić information content (AvgIpc) is 3.29. The number of fused-ring (bicyclic) bond motifs is 1. The molecule has 1 fully saturated rings. The van der Waals surface area contributed by atoms with Gasteiger partial charge < -0.3 is 9.47 Å². The van der Waals surface area contributed by atoms with Gasteiger partial charge in [0.2, 0.25) is 0 Å². The Morgan fingerprint density at radius 2 is 2.08 bits per heavy atom. The maximum atomic E-state index is 5.08. The Morgan fingerprint density at radius 3 is 2.72 bits per heavy atom. The number of amidine groups is 1. The molecule has 4 heterocycles. The lowest BCUT2D eigenvalue weighted by Gasteiger charge is -2.31. The lowest BCUT2D eigenvalue weighted by molar-refractivity contribution is 0.254. The van der Waals surface area contributed by atoms with Crippen LogP contribution in [0.25, 0.3) is 0 Å². The first-order valence-corrected chi connectivity index (χ1v) is 10.1. The highest BCUT2D eigenvalue weighted by molar-refractivity contribution is 8.14. The van der Waals surface area contributed by atoms with Crippen LogP contribution in [0.15, 0.2) is 47.8 Å². The third-order valence-electron chi connectivity index (χ3n) is 5.16. The minimum atomic E-state index is 0.0777. The molecule has 2 aromatic rings. The smallest absolute Gasteiger partial charge is 0.160 e. The first-order valence-electron chi connectivity index (χ1n) is 9.07. The Bertz CT molecular complexity index is 774. The Balaban J connectivity index is 1.76. The summed E-state index contributed by atoms with van der Waals surface area (Å²) in [6.07, 6.45) is 7.53. The van der Waals surface area contributed by atoms with Crippen LogP contribution in [0, 0.1) is 0 Å². The monoisotopic (exact) mass is 354 g/mol. The molecule has 2 aliphatic heterocycles. The number of aliphatic imine (C=N–C) groups is 1. The molecule has 1 saturated heterocycles. The van der Waals surface area contributed by atoms with Crippen molar-refractivity contribution >= 4 is 16.9 Å². The van der Waals surface area contributed by atoms with Gasteiger partial charge in [0, 0.05) is 35.9 Å². The molecule has 0 amide bonds. The van der Waals surface area contributed by atoms with Crippen molar-refractivity contribution in [1.82, 2.24) is 14.5 Å². The molecule has 5 heteroatoms. The minimum Gasteiger partial charge on any atom is -0.349 e. The van der Waals surface area contributed by atoms with Crippen LogP contribution in [0.3, 0.4) is 0 Å². The first-order chi connectivity index (χ1) is 12.0. The molecule has 0 aliphatic carbocycles. The fraction of sp³-hybridized carbons (Fsp3) is 0.500. The predicted molar refractivity (Wildman–Crippen MR) is 105 cm³/mol. The number of hydrogen-bond acceptors (Lipinski definition) is 4. The van der Waals surface area contributed by atoms with Gasteiger partial charge in [-0.25, -0.2) is 0 Å². The van der Waals surface area contributed by atoms with Crippen molar-refractivity contribution in [3.05, 3.63) is 54.1 Å². The summed E-state index contributed by atoms with van der Waals surface area (Å²) in [5.74, 6) is 1.14. The van der Waals surface area contributed by atoms with Crippen LogP contribution in [0.5, 0.6) is 0 Å². The number of hydrogen-bond donors (Lipinski definition) is 0. The zero-order valence-corrected chi connectivity index (χ0v) is 16.2. The van der Waals surface area contributed by atoms with Gasteiger partial charge in [0.25, 0.3) is 0 Å². The zero-order chi connectivity index (χ0) is 17.6. The number of thioether (sulfide) groups is 1. The van der Waals surface area contributed by atoms with Crippen molar-refractivity contribution in [1.29, 1.82) is 0 Å². The third kappa shape index (κ3) is 2.88. The van der Waals surface area contributed by atoms with Gasteiger partial charge in [-0.05, 0) is 51.0 Å². The van der Waals surface area contributed by atoms with Crippen LogP contribution >= 0.6 is 11.8 Å². The third-order valence-corrected chi connectivity index (χ3v) is 6.29. The highest BCUT2D eigenvalue weighted by Crippen LogP contribution is 2.48. The van der Waals surface area contributed by atoms with Gasteiger partial charge in [-0.15, -0.1) is 0 Å². The summed E-state index contributed by atoms with van der Waals surface area (Å²) in [7, 11) is 0. The SMILES string of the molecule is CC[C@@H]1CSC2=N[C@@H](c3ccccn3)[C@@H](c3ccn(C(C)(C)C)c3)N21. The van der Waals surface area contributed by atoms with E-state index in [1.807, 2.05) is 24.0 Å². The molecule has 25 heavy (non-hydrogen) atoms. The van der Waals surface area contributed by atoms with E-state index in [2.05, 4.69) is 72.7 Å². The first kappa shape index (κ1) is 16.7. The lowest BCUT2D eigenvalue weighted by Crippen LogP contribution is -2.35. The molecular formula is C20H26N4S. The largest absolute Gasteiger partial charge is 0.349 e. The van der Waals surface area contributed by atoms with E-state index < -0.39 is 0 Å². The molecule has 0 unspecified atom stereocenters. The molecule has 2 aromatic heterocycles. The second-order valence-electron chi connectivity index (χ2n) is 7.86. The van der Waals surface area contributed by atoms with Crippen LogP contribution < -0.4 is 0 Å². The van der Waals surface area contributed by atoms with Crippen LogP contribution in [0.4, 0.5) is 0 Å². The summed E-state index contributed by atoms with van der Waals surface area (Å²) >= 11 is 1.90. The zero-order valence-electron chi connectivity index (χ0n) is 15.4. The molecule has 0 radical (unpaired) electrons. The van der Waals surface area contributed by atoms with Gasteiger partial charge in [-0.3, -0.25) is 9.98 Å². The molecule has 4 rings (SSSR count). The van der Waals surface area contributed by atoms with Gasteiger partial charge in [0.15, 0.2) is 5.17 Å². The minimum absolute atomic E-state index is 0.0777. The standard InChI is InChI=1S/C20H26N4S/c1-5-15-13-25-19-22-17(16-8-6-7-10-21-16)18(24(15)19)14-9-11-23(12-14)20(2,3)4/h6-12,15,17-18H,5,13H2,1-4H3/t15-,17+,18-/m1/s1. The summed E-state index contributed by atoms with van der Waals surface area (Å²) in [5, 5.41) is 1.19. The van der Waals surface area contributed by atoms with E-state index in [0.29, 0.717) is 6.04 Å². The molecule has 4 nitrogen and oxygen atoms in total. The van der Waals surface area contributed by atoms with E-state index in [1.165, 1.54) is 10.7 Å². The van der Waals surface area contributed by atoms with Crippen molar-refractivity contribution in [2.24, 2.45) is 4.99 Å². The summed E-state index contributed by atoms with van der Waals surface area (Å²) in [6, 6.07) is 9.29. The number of nitrogens with zero attached hydrogens (tertiary/aromatic N) is 4. The Kier molecular flexibility index (Phi) is 4.14. The fourth-order valence-corrected chi connectivity index (χ4v) is 5.05. The van der Waals surface area contributed by atoms with Crippen molar-refractivity contribution in [2.45, 2.75) is 57.8 Å². The topological polar surface area (TPSA) is 33.4 Å². The number of pyridine rings is 1. The highest BCUT2D eigenvalue weighted by Gasteiger charge is 2.45. The summed E-state index contributed by atoms with van der Waals surface area (Å²) in [5.41, 5.74) is 2.49. The normalized spacial score (nSPS) is 26.0. The van der Waals surface area contributed by atoms with Gasteiger partial charge >= 0.3 is 0 Å². The maximum absolute atomic E-state index is 5.08. The van der Waals surface area contributed by atoms with Gasteiger partial charge in [-0.1, -0.05) is 24.8 Å². The van der Waals surface area contributed by atoms with E-state index in [1.54, 1.807) is 0 Å². The molecule has 132 valence electrons. The van der Waals surface area contributed by atoms with Gasteiger partial charge in [0.1, 0.15) is 6.04 Å². The Morgan fingerprint density at radius 1 is 1.24 bits per heavy atom. The predicted octanol–water partition coefficient (Wildman–Crippen LogP) is 4.62. The fourth-order valence-electron chi connectivity index (χ4n) is 3.71. The van der Waals surface area contributed by atoms with Crippen LogP contribution in [0.2, 0.25) is 0 Å². The van der Waals surface area contributed by atoms with E-state index >= 15 is 0 Å². The second kappa shape index (κ2) is 6.20. The van der Waals surface area contributed by atoms with Gasteiger partial charge in [0.05, 0.1) is 11.7 Å². The number of rotatable bonds is 3. The molecule has 0 aromatic carbocycles. The Hall–Kier alpha value is -1.75. The molecule has 3 atom stereocenters. The lowest BCUT2D eigenvalue weighted by atomic mass is 9.97. The molecule has 2 aliphatic rings. The van der Waals surface area contributed by atoms with Crippen molar-refractivity contribution in [3.8, 4) is 0 Å². The second-order valence-corrected chi connectivity index (χ2v) is 8.85. The van der Waals surface area contributed by atoms with Crippen molar-refractivity contribution in [3.63, 3.8) is 0 Å². The van der Waals surface area contributed by atoms with E-state index in [0.717, 1.165) is 17.9 Å². The van der Waals surface area contributed by atoms with Gasteiger partial charge in [-0.2, -0.15) is 0 Å². The molecular weight excluding hydrogens is 328 g/mol. The molecule has 0 saturated carbocycles. The van der Waals surface area contributed by atoms with Crippen molar-refractivity contribution < 1.29 is 0 Å². The van der Waals surface area contributed by atoms with Crippen LogP contribution in [-0.2, 0) is 5.54 Å². The average molecular weight is 355 g/mol. The Labute approximate surface area is 154 Å². The highest BCUT2D eigenvalue weighted by atomic mass is 32.2. The van der Waals surface area contributed by atoms with Crippen molar-refractivity contribution in [2.75, 3.05) is 5.75 Å². The van der Waals surface area contributed by atoms with E-state index in [4.69, 9.17) is 4.99 Å². The summed E-state index contributed by atoms with van der Waals surface area (Å²) in [4.78, 5) is 12.2. The summed E-state index contributed by atoms with van der Waals surface area (Å²) < 4.78 is 2.31. The van der Waals surface area contributed by atoms with Crippen LogP contribution in [0.1, 0.15) is 57.5 Å². The maximum Gasteiger partial charge on any atom is 0.160 e. The molecule has 0 spiro atoms. The number of aromatic nitrogens is 2. The summed E-state index contributed by atoms with van der Waals surface area (Å²) in [6.45, 7) is 9.00.